The first-order valence-corrected chi connectivity index (χ1v) is 10.9. The van der Waals surface area contributed by atoms with Gasteiger partial charge in [0, 0.05) is 18.2 Å². The molecule has 0 aliphatic rings. The van der Waals surface area contributed by atoms with Crippen LogP contribution in [0.5, 0.6) is 17.2 Å². The summed E-state index contributed by atoms with van der Waals surface area (Å²) in [6.07, 6.45) is 0.572. The van der Waals surface area contributed by atoms with Crippen molar-refractivity contribution < 1.29 is 27.4 Å². The van der Waals surface area contributed by atoms with Gasteiger partial charge in [0.15, 0.2) is 11.5 Å². The van der Waals surface area contributed by atoms with Crippen LogP contribution in [0.1, 0.15) is 29.8 Å². The molecule has 2 aromatic carbocycles. The van der Waals surface area contributed by atoms with E-state index in [1.807, 2.05) is 12.1 Å². The Balaban J connectivity index is 2.11. The van der Waals surface area contributed by atoms with Gasteiger partial charge in [0.25, 0.3) is 5.91 Å². The van der Waals surface area contributed by atoms with Crippen LogP contribution < -0.4 is 24.2 Å². The van der Waals surface area contributed by atoms with Gasteiger partial charge in [-0.15, -0.1) is 0 Å². The molecule has 0 aromatic heterocycles. The molecule has 0 saturated carbocycles. The number of sulfonamides is 1. The Hall–Kier alpha value is -2.78. The smallest absolute Gasteiger partial charge is 0.251 e. The molecule has 0 heterocycles. The van der Waals surface area contributed by atoms with Crippen LogP contribution in [0.4, 0.5) is 0 Å². The minimum atomic E-state index is -3.82. The minimum Gasteiger partial charge on any atom is -0.495 e. The first kappa shape index (κ1) is 23.5. The Labute approximate surface area is 177 Å². The van der Waals surface area contributed by atoms with Crippen molar-refractivity contribution in [2.45, 2.75) is 31.2 Å². The number of carbonyl (C=O) groups excluding carboxylic acids is 1. The number of methoxy groups -OCH3 is 3. The van der Waals surface area contributed by atoms with Crippen LogP contribution >= 0.6 is 0 Å². The Morgan fingerprint density at radius 1 is 0.933 bits per heavy atom. The predicted octanol–water partition coefficient (Wildman–Crippen LogP) is 2.37. The summed E-state index contributed by atoms with van der Waals surface area (Å²) in [6.45, 7) is 3.80. The second-order valence-electron chi connectivity index (χ2n) is 6.84. The molecule has 30 heavy (non-hydrogen) atoms. The molecule has 0 radical (unpaired) electrons. The molecule has 0 aliphatic carbocycles. The van der Waals surface area contributed by atoms with Gasteiger partial charge < -0.3 is 19.5 Å². The summed E-state index contributed by atoms with van der Waals surface area (Å²) in [5.41, 5.74) is 1.19. The van der Waals surface area contributed by atoms with Crippen molar-refractivity contribution >= 4 is 15.9 Å². The Bertz CT molecular complexity index is 989. The number of ether oxygens (including phenoxy) is 3. The average Bonchev–Trinajstić information content (AvgIpc) is 2.72. The maximum atomic E-state index is 12.6. The summed E-state index contributed by atoms with van der Waals surface area (Å²) in [5.74, 6) is 1.04. The van der Waals surface area contributed by atoms with Crippen LogP contribution in [-0.2, 0) is 16.4 Å². The monoisotopic (exact) mass is 436 g/mol. The zero-order valence-electron chi connectivity index (χ0n) is 17.8. The van der Waals surface area contributed by atoms with Crippen LogP contribution in [0.3, 0.4) is 0 Å². The number of hydrogen-bond donors (Lipinski definition) is 2. The topological polar surface area (TPSA) is 103 Å². The number of carbonyl (C=O) groups is 1. The lowest BCUT2D eigenvalue weighted by molar-refractivity contribution is 0.0954. The highest BCUT2D eigenvalue weighted by Gasteiger charge is 2.22. The molecule has 8 nitrogen and oxygen atoms in total. The van der Waals surface area contributed by atoms with Crippen LogP contribution in [0.15, 0.2) is 41.3 Å². The second-order valence-corrected chi connectivity index (χ2v) is 8.52. The van der Waals surface area contributed by atoms with Gasteiger partial charge in [-0.3, -0.25) is 4.79 Å². The highest BCUT2D eigenvalue weighted by Crippen LogP contribution is 2.28. The van der Waals surface area contributed by atoms with Crippen molar-refractivity contribution in [2.75, 3.05) is 27.9 Å². The molecule has 0 unspecified atom stereocenters. The third-order valence-corrected chi connectivity index (χ3v) is 5.93. The first-order valence-electron chi connectivity index (χ1n) is 9.41. The van der Waals surface area contributed by atoms with E-state index in [1.165, 1.54) is 25.3 Å². The van der Waals surface area contributed by atoms with Crippen molar-refractivity contribution in [1.82, 2.24) is 10.0 Å². The van der Waals surface area contributed by atoms with Crippen LogP contribution in [0, 0.1) is 0 Å². The van der Waals surface area contributed by atoms with E-state index in [4.69, 9.17) is 14.2 Å². The SMILES string of the molecule is COc1ccc(CCNC(=O)c2ccc(OC)c(S(=O)(=O)NC(C)C)c2)cc1OC. The van der Waals surface area contributed by atoms with Gasteiger partial charge in [0.05, 0.1) is 21.3 Å². The Morgan fingerprint density at radius 3 is 2.17 bits per heavy atom. The summed E-state index contributed by atoms with van der Waals surface area (Å²) in [6, 6.07) is 9.56. The van der Waals surface area contributed by atoms with Crippen molar-refractivity contribution in [3.63, 3.8) is 0 Å². The number of nitrogens with one attached hydrogen (secondary N) is 2. The van der Waals surface area contributed by atoms with Crippen molar-refractivity contribution in [3.05, 3.63) is 47.5 Å². The lowest BCUT2D eigenvalue weighted by atomic mass is 10.1. The highest BCUT2D eigenvalue weighted by atomic mass is 32.2. The second kappa shape index (κ2) is 10.3. The van der Waals surface area contributed by atoms with Gasteiger partial charge in [-0.05, 0) is 56.2 Å². The molecule has 0 saturated heterocycles. The van der Waals surface area contributed by atoms with Crippen molar-refractivity contribution in [3.8, 4) is 17.2 Å². The van der Waals surface area contributed by atoms with Gasteiger partial charge in [0.1, 0.15) is 10.6 Å². The van der Waals surface area contributed by atoms with Crippen molar-refractivity contribution in [2.24, 2.45) is 0 Å². The standard InChI is InChI=1S/C21H28N2O6S/c1-14(2)23-30(25,26)20-13-16(7-9-18(20)28-4)21(24)22-11-10-15-6-8-17(27-3)19(12-15)29-5/h6-9,12-14,23H,10-11H2,1-5H3,(H,22,24). The van der Waals surface area contributed by atoms with Crippen molar-refractivity contribution in [1.29, 1.82) is 0 Å². The van der Waals surface area contributed by atoms with Gasteiger partial charge in [0.2, 0.25) is 10.0 Å². The van der Waals surface area contributed by atoms with E-state index in [2.05, 4.69) is 10.0 Å². The molecule has 2 rings (SSSR count). The summed E-state index contributed by atoms with van der Waals surface area (Å²) in [5, 5.41) is 2.80. The summed E-state index contributed by atoms with van der Waals surface area (Å²) in [4.78, 5) is 12.5. The lowest BCUT2D eigenvalue weighted by Crippen LogP contribution is -2.31. The normalized spacial score (nSPS) is 11.3. The van der Waals surface area contributed by atoms with Gasteiger partial charge in [-0.1, -0.05) is 6.07 Å². The molecule has 0 fully saturated rings. The number of benzene rings is 2. The Morgan fingerprint density at radius 2 is 1.57 bits per heavy atom. The van der Waals surface area contributed by atoms with Gasteiger partial charge >= 0.3 is 0 Å². The molecule has 2 N–H and O–H groups in total. The molecule has 1 amide bonds. The van der Waals surface area contributed by atoms with Crippen LogP contribution in [-0.4, -0.2) is 48.2 Å². The zero-order valence-corrected chi connectivity index (χ0v) is 18.6. The van der Waals surface area contributed by atoms with E-state index in [-0.39, 0.29) is 28.2 Å². The summed E-state index contributed by atoms with van der Waals surface area (Å²) >= 11 is 0. The van der Waals surface area contributed by atoms with E-state index < -0.39 is 10.0 Å². The zero-order chi connectivity index (χ0) is 22.3. The minimum absolute atomic E-state index is 0.0776. The van der Waals surface area contributed by atoms with Gasteiger partial charge in [-0.2, -0.15) is 0 Å². The molecule has 164 valence electrons. The third kappa shape index (κ3) is 5.87. The fraction of sp³-hybridized carbons (Fsp3) is 0.381. The molecular weight excluding hydrogens is 408 g/mol. The number of rotatable bonds is 10. The largest absolute Gasteiger partial charge is 0.495 e. The van der Waals surface area contributed by atoms with Crippen LogP contribution in [0.2, 0.25) is 0 Å². The molecule has 9 heteroatoms. The summed E-state index contributed by atoms with van der Waals surface area (Å²) < 4.78 is 43.3. The number of amides is 1. The van der Waals surface area contributed by atoms with E-state index in [0.29, 0.717) is 24.5 Å². The Kier molecular flexibility index (Phi) is 8.08. The lowest BCUT2D eigenvalue weighted by Gasteiger charge is -2.14. The summed E-state index contributed by atoms with van der Waals surface area (Å²) in [7, 11) is 0.694. The first-order chi connectivity index (χ1) is 14.2. The molecular formula is C21H28N2O6S. The predicted molar refractivity (Wildman–Crippen MR) is 114 cm³/mol. The molecule has 0 bridgehead atoms. The maximum Gasteiger partial charge on any atom is 0.251 e. The fourth-order valence-electron chi connectivity index (χ4n) is 2.86. The van der Waals surface area contributed by atoms with Gasteiger partial charge in [-0.25, -0.2) is 13.1 Å². The van der Waals surface area contributed by atoms with E-state index in [0.717, 1.165) is 5.56 Å². The maximum absolute atomic E-state index is 12.6. The average molecular weight is 437 g/mol. The highest BCUT2D eigenvalue weighted by molar-refractivity contribution is 7.89. The van der Waals surface area contributed by atoms with E-state index >= 15 is 0 Å². The molecule has 0 spiro atoms. The van der Waals surface area contributed by atoms with Crippen LogP contribution in [0.25, 0.3) is 0 Å². The molecule has 0 atom stereocenters. The van der Waals surface area contributed by atoms with E-state index in [9.17, 15) is 13.2 Å². The molecule has 0 aliphatic heterocycles. The third-order valence-electron chi connectivity index (χ3n) is 4.25. The van der Waals surface area contributed by atoms with E-state index in [1.54, 1.807) is 34.1 Å². The quantitative estimate of drug-likeness (QED) is 0.593. The fourth-order valence-corrected chi connectivity index (χ4v) is 4.31. The number of hydrogen-bond acceptors (Lipinski definition) is 6. The molecule has 2 aromatic rings.